The van der Waals surface area contributed by atoms with Crippen LogP contribution in [0.1, 0.15) is 48.8 Å². The van der Waals surface area contributed by atoms with Crippen molar-refractivity contribution in [3.63, 3.8) is 0 Å². The van der Waals surface area contributed by atoms with Crippen molar-refractivity contribution in [3.8, 4) is 33.4 Å². The van der Waals surface area contributed by atoms with E-state index in [1.54, 1.807) is 11.1 Å². The predicted octanol–water partition coefficient (Wildman–Crippen LogP) is 13.1. The van der Waals surface area contributed by atoms with E-state index in [0.717, 1.165) is 18.3 Å². The standard InChI is InChI=1S/C49H39NS/c1-2-10-34(11-3-1)39-12-5-8-16-46(39)50(38-25-27-48-43(30-38)42-14-6-9-17-47(42)51-48)37-23-19-33(20-24-37)35-21-26-41-40-13-4-7-15-44(40)49(45(41)29-35)31-32-18-22-36(49)28-32/h1-17,19-21,23-26,29-30,32,36,48H,18,22,27-28,31H2. The van der Waals surface area contributed by atoms with Crippen molar-refractivity contribution in [1.29, 1.82) is 0 Å². The molecular formula is C49H39NS. The van der Waals surface area contributed by atoms with Crippen molar-refractivity contribution < 1.29 is 0 Å². The van der Waals surface area contributed by atoms with Gasteiger partial charge in [0.2, 0.25) is 0 Å². The highest BCUT2D eigenvalue weighted by atomic mass is 32.2. The van der Waals surface area contributed by atoms with Gasteiger partial charge in [-0.2, -0.15) is 0 Å². The summed E-state index contributed by atoms with van der Waals surface area (Å²) < 4.78 is 0. The van der Waals surface area contributed by atoms with Gasteiger partial charge in [0.15, 0.2) is 0 Å². The Hall–Kier alpha value is -5.05. The number of hydrogen-bond acceptors (Lipinski definition) is 2. The highest BCUT2D eigenvalue weighted by Gasteiger charge is 2.56. The van der Waals surface area contributed by atoms with E-state index in [1.165, 1.54) is 92.2 Å². The lowest BCUT2D eigenvalue weighted by atomic mass is 9.66. The van der Waals surface area contributed by atoms with E-state index in [0.29, 0.717) is 5.25 Å². The lowest BCUT2D eigenvalue weighted by molar-refractivity contribution is 0.327. The molecular weight excluding hydrogens is 635 g/mol. The van der Waals surface area contributed by atoms with E-state index in [1.807, 2.05) is 11.8 Å². The summed E-state index contributed by atoms with van der Waals surface area (Å²) in [5.41, 5.74) is 17.8. The summed E-state index contributed by atoms with van der Waals surface area (Å²) in [6.45, 7) is 0. The number of para-hydroxylation sites is 1. The lowest BCUT2D eigenvalue weighted by Gasteiger charge is -2.36. The van der Waals surface area contributed by atoms with E-state index in [-0.39, 0.29) is 5.41 Å². The molecule has 1 aliphatic heterocycles. The van der Waals surface area contributed by atoms with Gasteiger partial charge in [-0.1, -0.05) is 128 Å². The van der Waals surface area contributed by atoms with Gasteiger partial charge in [0.25, 0.3) is 0 Å². The number of rotatable bonds is 5. The molecule has 6 aromatic carbocycles. The Morgan fingerprint density at radius 3 is 2.14 bits per heavy atom. The van der Waals surface area contributed by atoms with Crippen LogP contribution in [0, 0.1) is 11.8 Å². The molecule has 4 unspecified atom stereocenters. The fourth-order valence-corrected chi connectivity index (χ4v) is 11.8. The molecule has 2 bridgehead atoms. The molecule has 2 heteroatoms. The number of anilines is 2. The zero-order chi connectivity index (χ0) is 33.5. The molecule has 2 fully saturated rings. The van der Waals surface area contributed by atoms with Gasteiger partial charge in [0.1, 0.15) is 0 Å². The average molecular weight is 674 g/mol. The Kier molecular flexibility index (Phi) is 6.68. The van der Waals surface area contributed by atoms with Crippen LogP contribution in [0.5, 0.6) is 0 Å². The Morgan fingerprint density at radius 1 is 0.588 bits per heavy atom. The van der Waals surface area contributed by atoms with E-state index in [2.05, 4.69) is 163 Å². The number of benzene rings is 6. The Morgan fingerprint density at radius 2 is 1.31 bits per heavy atom. The third-order valence-electron chi connectivity index (χ3n) is 12.7. The lowest BCUT2D eigenvalue weighted by Crippen LogP contribution is -2.31. The van der Waals surface area contributed by atoms with Gasteiger partial charge in [0, 0.05) is 32.5 Å². The normalized spacial score (nSPS) is 23.3. The highest BCUT2D eigenvalue weighted by Crippen LogP contribution is 2.66. The second-order valence-electron chi connectivity index (χ2n) is 15.2. The van der Waals surface area contributed by atoms with Gasteiger partial charge in [-0.3, -0.25) is 0 Å². The van der Waals surface area contributed by atoms with Crippen LogP contribution < -0.4 is 4.90 Å². The molecule has 6 aromatic rings. The molecule has 5 aliphatic rings. The second kappa shape index (κ2) is 11.5. The van der Waals surface area contributed by atoms with Crippen molar-refractivity contribution in [1.82, 2.24) is 0 Å². The van der Waals surface area contributed by atoms with Crippen LogP contribution in [0.15, 0.2) is 168 Å². The smallest absolute Gasteiger partial charge is 0.0539 e. The Balaban J connectivity index is 1.02. The van der Waals surface area contributed by atoms with Crippen molar-refractivity contribution in [2.24, 2.45) is 11.8 Å². The van der Waals surface area contributed by atoms with Crippen LogP contribution in [0.4, 0.5) is 11.4 Å². The van der Waals surface area contributed by atoms with Crippen molar-refractivity contribution in [2.45, 2.75) is 47.7 Å². The molecule has 4 atom stereocenters. The summed E-state index contributed by atoms with van der Waals surface area (Å²) in [5, 5.41) is 0.476. The van der Waals surface area contributed by atoms with Gasteiger partial charge in [-0.25, -0.2) is 0 Å². The SMILES string of the molecule is C1=C2c3ccccc3SC2CC=C1N(c1ccc(-c2ccc3c(c2)C2(CC4CCC2C4)c2ccccc2-3)cc1)c1ccccc1-c1ccccc1. The summed E-state index contributed by atoms with van der Waals surface area (Å²) >= 11 is 2.01. The first-order valence-corrected chi connectivity index (χ1v) is 19.6. The van der Waals surface area contributed by atoms with Gasteiger partial charge >= 0.3 is 0 Å². The molecule has 1 spiro atoms. The fourth-order valence-electron chi connectivity index (χ4n) is 10.5. The molecule has 0 saturated heterocycles. The highest BCUT2D eigenvalue weighted by molar-refractivity contribution is 8.00. The van der Waals surface area contributed by atoms with Gasteiger partial charge < -0.3 is 4.90 Å². The van der Waals surface area contributed by atoms with Crippen molar-refractivity contribution in [2.75, 3.05) is 4.90 Å². The first-order valence-electron chi connectivity index (χ1n) is 18.7. The number of allylic oxidation sites excluding steroid dienone is 2. The topological polar surface area (TPSA) is 3.24 Å². The minimum Gasteiger partial charge on any atom is -0.310 e. The zero-order valence-electron chi connectivity index (χ0n) is 28.6. The number of hydrogen-bond donors (Lipinski definition) is 0. The molecule has 11 rings (SSSR count). The van der Waals surface area contributed by atoms with E-state index < -0.39 is 0 Å². The molecule has 0 aromatic heterocycles. The molecule has 2 saturated carbocycles. The minimum absolute atomic E-state index is 0.193. The first kappa shape index (κ1) is 29.7. The average Bonchev–Trinajstić information content (AvgIpc) is 3.97. The molecule has 0 radical (unpaired) electrons. The second-order valence-corrected chi connectivity index (χ2v) is 16.4. The maximum atomic E-state index is 2.57. The summed E-state index contributed by atoms with van der Waals surface area (Å²) in [6.07, 6.45) is 11.4. The quantitative estimate of drug-likeness (QED) is 0.179. The van der Waals surface area contributed by atoms with Crippen LogP contribution in [-0.2, 0) is 5.41 Å². The monoisotopic (exact) mass is 673 g/mol. The van der Waals surface area contributed by atoms with Crippen LogP contribution in [0.2, 0.25) is 0 Å². The summed E-state index contributed by atoms with van der Waals surface area (Å²) in [4.78, 5) is 3.89. The maximum Gasteiger partial charge on any atom is 0.0539 e. The number of thioether (sulfide) groups is 1. The van der Waals surface area contributed by atoms with Gasteiger partial charge in [-0.15, -0.1) is 11.8 Å². The first-order chi connectivity index (χ1) is 25.2. The largest absolute Gasteiger partial charge is 0.310 e. The summed E-state index contributed by atoms with van der Waals surface area (Å²) in [6, 6.07) is 54.7. The number of fused-ring (bicyclic) bond motifs is 11. The van der Waals surface area contributed by atoms with Crippen molar-refractivity contribution in [3.05, 3.63) is 180 Å². The molecule has 0 amide bonds. The number of nitrogens with zero attached hydrogens (tertiary/aromatic N) is 1. The molecule has 51 heavy (non-hydrogen) atoms. The molecule has 0 N–H and O–H groups in total. The fraction of sp³-hybridized carbons (Fsp3) is 0.184. The van der Waals surface area contributed by atoms with E-state index in [4.69, 9.17) is 0 Å². The zero-order valence-corrected chi connectivity index (χ0v) is 29.5. The maximum absolute atomic E-state index is 2.57. The minimum atomic E-state index is 0.193. The van der Waals surface area contributed by atoms with Crippen LogP contribution in [-0.4, -0.2) is 5.25 Å². The van der Waals surface area contributed by atoms with E-state index >= 15 is 0 Å². The Bertz CT molecular complexity index is 2400. The third-order valence-corrected chi connectivity index (χ3v) is 14.0. The molecule has 1 heterocycles. The summed E-state index contributed by atoms with van der Waals surface area (Å²) in [7, 11) is 0. The van der Waals surface area contributed by atoms with E-state index in [9.17, 15) is 0 Å². The third kappa shape index (κ3) is 4.49. The van der Waals surface area contributed by atoms with Gasteiger partial charge in [-0.05, 0) is 124 Å². The van der Waals surface area contributed by atoms with Crippen molar-refractivity contribution >= 4 is 28.7 Å². The molecule has 4 aliphatic carbocycles. The molecule has 1 nitrogen and oxygen atoms in total. The predicted molar refractivity (Wildman–Crippen MR) is 214 cm³/mol. The summed E-state index contributed by atoms with van der Waals surface area (Å²) in [5.74, 6) is 1.64. The van der Waals surface area contributed by atoms with Gasteiger partial charge in [0.05, 0.1) is 5.69 Å². The molecule has 246 valence electrons. The van der Waals surface area contributed by atoms with Crippen LogP contribution in [0.3, 0.4) is 0 Å². The Labute approximate surface area is 305 Å². The van der Waals surface area contributed by atoms with Crippen LogP contribution >= 0.6 is 11.8 Å². The van der Waals surface area contributed by atoms with Crippen LogP contribution in [0.25, 0.3) is 39.0 Å².